The van der Waals surface area contributed by atoms with E-state index >= 15 is 0 Å². The minimum absolute atomic E-state index is 0.0672. The second-order valence-corrected chi connectivity index (χ2v) is 8.67. The molecule has 10 nitrogen and oxygen atoms in total. The molecule has 0 aliphatic rings. The van der Waals surface area contributed by atoms with Crippen LogP contribution in [-0.2, 0) is 4.79 Å². The lowest BCUT2D eigenvalue weighted by Gasteiger charge is -2.22. The Morgan fingerprint density at radius 2 is 1.89 bits per heavy atom. The number of fused-ring (bicyclic) bond motifs is 1. The van der Waals surface area contributed by atoms with Crippen molar-refractivity contribution < 1.29 is 18.7 Å². The average Bonchev–Trinajstić information content (AvgIpc) is 3.19. The van der Waals surface area contributed by atoms with Crippen molar-refractivity contribution >= 4 is 40.1 Å². The Kier molecular flexibility index (Phi) is 7.69. The zero-order chi connectivity index (χ0) is 26.5. The summed E-state index contributed by atoms with van der Waals surface area (Å²) < 4.78 is 11.7. The molecule has 192 valence electrons. The van der Waals surface area contributed by atoms with Gasteiger partial charge in [0.2, 0.25) is 17.7 Å². The number of furan rings is 1. The Morgan fingerprint density at radius 1 is 1.11 bits per heavy atom. The average molecular weight is 503 g/mol. The van der Waals surface area contributed by atoms with Gasteiger partial charge in [0.1, 0.15) is 17.1 Å². The Morgan fingerprint density at radius 3 is 2.62 bits per heavy atom. The fourth-order valence-corrected chi connectivity index (χ4v) is 4.06. The zero-order valence-corrected chi connectivity index (χ0v) is 21.5. The molecule has 2 heterocycles. The number of likely N-dealkylation sites (N-methyl/N-ethyl adjacent to an activating group) is 1. The molecule has 0 bridgehead atoms. The first-order valence-corrected chi connectivity index (χ1v) is 11.9. The van der Waals surface area contributed by atoms with Crippen molar-refractivity contribution in [3.8, 4) is 11.6 Å². The van der Waals surface area contributed by atoms with E-state index in [-0.39, 0.29) is 17.9 Å². The second-order valence-electron chi connectivity index (χ2n) is 8.67. The number of amides is 2. The number of nitrogens with zero attached hydrogens (tertiary/aromatic N) is 3. The van der Waals surface area contributed by atoms with Gasteiger partial charge in [-0.3, -0.25) is 14.5 Å². The van der Waals surface area contributed by atoms with Crippen molar-refractivity contribution in [3.05, 3.63) is 66.1 Å². The minimum atomic E-state index is -0.214. The van der Waals surface area contributed by atoms with Crippen LogP contribution < -0.4 is 20.7 Å². The molecule has 1 unspecified atom stereocenters. The number of hydrogen-bond donors (Lipinski definition) is 3. The highest BCUT2D eigenvalue weighted by atomic mass is 16.5. The van der Waals surface area contributed by atoms with E-state index in [9.17, 15) is 9.59 Å². The highest BCUT2D eigenvalue weighted by Gasteiger charge is 2.19. The lowest BCUT2D eigenvalue weighted by Crippen LogP contribution is -2.39. The van der Waals surface area contributed by atoms with Crippen LogP contribution in [0.4, 0.5) is 17.3 Å². The minimum Gasteiger partial charge on any atom is -0.460 e. The van der Waals surface area contributed by atoms with Crippen LogP contribution in [-0.4, -0.2) is 53.9 Å². The highest BCUT2D eigenvalue weighted by molar-refractivity contribution is 6.07. The molecule has 0 spiro atoms. The lowest BCUT2D eigenvalue weighted by atomic mass is 10.1. The molecule has 10 heteroatoms. The number of hydrogen-bond acceptors (Lipinski definition) is 8. The summed E-state index contributed by atoms with van der Waals surface area (Å²) in [5.41, 5.74) is 2.42. The number of aryl methyl sites for hydroxylation is 1. The summed E-state index contributed by atoms with van der Waals surface area (Å²) in [5.74, 6) is 1.42. The molecule has 0 aliphatic heterocycles. The first kappa shape index (κ1) is 25.6. The van der Waals surface area contributed by atoms with Crippen LogP contribution in [0.3, 0.4) is 0 Å². The van der Waals surface area contributed by atoms with E-state index in [1.807, 2.05) is 50.2 Å². The third-order valence-electron chi connectivity index (χ3n) is 5.84. The van der Waals surface area contributed by atoms with Gasteiger partial charge in [0, 0.05) is 42.1 Å². The van der Waals surface area contributed by atoms with Crippen molar-refractivity contribution in [1.82, 2.24) is 20.2 Å². The zero-order valence-electron chi connectivity index (χ0n) is 21.5. The fraction of sp³-hybridized carbons (Fsp3) is 0.259. The van der Waals surface area contributed by atoms with E-state index in [1.54, 1.807) is 44.4 Å². The summed E-state index contributed by atoms with van der Waals surface area (Å²) in [6, 6.07) is 14.0. The first-order valence-electron chi connectivity index (χ1n) is 11.9. The van der Waals surface area contributed by atoms with E-state index in [2.05, 4.69) is 25.9 Å². The Bertz CT molecular complexity index is 1430. The molecule has 0 fully saturated rings. The van der Waals surface area contributed by atoms with Gasteiger partial charge in [-0.15, -0.1) is 0 Å². The number of aromatic nitrogens is 2. The molecular weight excluding hydrogens is 472 g/mol. The van der Waals surface area contributed by atoms with Crippen molar-refractivity contribution in [2.45, 2.75) is 26.3 Å². The number of anilines is 3. The van der Waals surface area contributed by atoms with Crippen LogP contribution in [0.5, 0.6) is 11.6 Å². The SMILES string of the molecule is CCC(C(=O)Nc1cccc(Nc2nccc(Oc3ccc4c(C(=O)NC)c(C)oc4c3)n2)c1)N(C)C. The molecule has 4 rings (SSSR count). The number of benzene rings is 2. The second kappa shape index (κ2) is 11.1. The van der Waals surface area contributed by atoms with Gasteiger partial charge in [0.15, 0.2) is 0 Å². The predicted molar refractivity (Wildman–Crippen MR) is 143 cm³/mol. The maximum absolute atomic E-state index is 12.6. The van der Waals surface area contributed by atoms with E-state index in [0.29, 0.717) is 57.7 Å². The fourth-order valence-electron chi connectivity index (χ4n) is 4.06. The molecule has 0 radical (unpaired) electrons. The Labute approximate surface area is 215 Å². The highest BCUT2D eigenvalue weighted by Crippen LogP contribution is 2.31. The monoisotopic (exact) mass is 502 g/mol. The summed E-state index contributed by atoms with van der Waals surface area (Å²) in [6.45, 7) is 3.72. The van der Waals surface area contributed by atoms with Gasteiger partial charge in [-0.1, -0.05) is 13.0 Å². The van der Waals surface area contributed by atoms with Crippen molar-refractivity contribution in [2.75, 3.05) is 31.8 Å². The van der Waals surface area contributed by atoms with Crippen molar-refractivity contribution in [2.24, 2.45) is 0 Å². The molecule has 0 saturated carbocycles. The summed E-state index contributed by atoms with van der Waals surface area (Å²) in [6.07, 6.45) is 2.29. The predicted octanol–water partition coefficient (Wildman–Crippen LogP) is 4.71. The third kappa shape index (κ3) is 5.87. The third-order valence-corrected chi connectivity index (χ3v) is 5.84. The maximum Gasteiger partial charge on any atom is 0.255 e. The van der Waals surface area contributed by atoms with Crippen LogP contribution in [0.2, 0.25) is 0 Å². The molecule has 2 aromatic heterocycles. The smallest absolute Gasteiger partial charge is 0.255 e. The van der Waals surface area contributed by atoms with Crippen LogP contribution in [0.15, 0.2) is 59.1 Å². The number of nitrogens with one attached hydrogen (secondary N) is 3. The van der Waals surface area contributed by atoms with Gasteiger partial charge in [-0.2, -0.15) is 4.98 Å². The van der Waals surface area contributed by atoms with Crippen LogP contribution in [0, 0.1) is 6.92 Å². The largest absolute Gasteiger partial charge is 0.460 e. The van der Waals surface area contributed by atoms with Gasteiger partial charge >= 0.3 is 0 Å². The van der Waals surface area contributed by atoms with Gasteiger partial charge in [-0.05, 0) is 57.8 Å². The summed E-state index contributed by atoms with van der Waals surface area (Å²) >= 11 is 0. The lowest BCUT2D eigenvalue weighted by molar-refractivity contribution is -0.120. The van der Waals surface area contributed by atoms with Crippen LogP contribution in [0.25, 0.3) is 11.0 Å². The summed E-state index contributed by atoms with van der Waals surface area (Å²) in [4.78, 5) is 35.3. The molecule has 2 aromatic carbocycles. The van der Waals surface area contributed by atoms with Crippen molar-refractivity contribution in [1.29, 1.82) is 0 Å². The number of carbonyl (C=O) groups is 2. The molecule has 2 amide bonds. The van der Waals surface area contributed by atoms with Crippen LogP contribution >= 0.6 is 0 Å². The normalized spacial score (nSPS) is 11.8. The molecule has 0 saturated heterocycles. The van der Waals surface area contributed by atoms with Gasteiger partial charge in [0.25, 0.3) is 5.91 Å². The quantitative estimate of drug-likeness (QED) is 0.301. The maximum atomic E-state index is 12.6. The van der Waals surface area contributed by atoms with Crippen molar-refractivity contribution in [3.63, 3.8) is 0 Å². The van der Waals surface area contributed by atoms with E-state index in [0.717, 1.165) is 0 Å². The summed E-state index contributed by atoms with van der Waals surface area (Å²) in [7, 11) is 5.35. The van der Waals surface area contributed by atoms with Gasteiger partial charge in [0.05, 0.1) is 11.6 Å². The topological polar surface area (TPSA) is 122 Å². The molecule has 0 aliphatic carbocycles. The summed E-state index contributed by atoms with van der Waals surface area (Å²) in [5, 5.41) is 9.43. The van der Waals surface area contributed by atoms with E-state index in [1.165, 1.54) is 0 Å². The van der Waals surface area contributed by atoms with E-state index < -0.39 is 0 Å². The van der Waals surface area contributed by atoms with E-state index in [4.69, 9.17) is 9.15 Å². The Balaban J connectivity index is 1.48. The number of ether oxygens (including phenoxy) is 1. The molecule has 1 atom stereocenters. The molecule has 37 heavy (non-hydrogen) atoms. The number of rotatable bonds is 9. The van der Waals surface area contributed by atoms with Gasteiger partial charge < -0.3 is 25.1 Å². The number of carbonyl (C=O) groups excluding carboxylic acids is 2. The molecule has 3 N–H and O–H groups in total. The molecule has 4 aromatic rings. The molecular formula is C27H30N6O4. The standard InChI is InChI=1S/C27H30N6O4/c1-6-21(33(4)5)25(34)30-17-8-7-9-18(14-17)31-27-29-13-12-23(32-27)37-19-10-11-20-22(15-19)36-16(2)24(20)26(35)28-3/h7-15,21H,6H2,1-5H3,(H,28,35)(H,30,34)(H,29,31,32). The Hall–Kier alpha value is -4.44. The van der Waals surface area contributed by atoms with Gasteiger partial charge in [-0.25, -0.2) is 4.98 Å². The first-order chi connectivity index (χ1) is 17.8. The van der Waals surface area contributed by atoms with Crippen LogP contribution in [0.1, 0.15) is 29.5 Å².